The Hall–Kier alpha value is -3.01. The van der Waals surface area contributed by atoms with Gasteiger partial charge in [-0.1, -0.05) is 18.2 Å². The molecule has 3 heterocycles. The summed E-state index contributed by atoms with van der Waals surface area (Å²) in [5.74, 6) is -0.383. The summed E-state index contributed by atoms with van der Waals surface area (Å²) in [5.41, 5.74) is 1.02. The van der Waals surface area contributed by atoms with Gasteiger partial charge in [0.15, 0.2) is 0 Å². The van der Waals surface area contributed by atoms with Crippen molar-refractivity contribution >= 4 is 11.9 Å². The van der Waals surface area contributed by atoms with E-state index in [0.717, 1.165) is 50.4 Å². The number of furan rings is 1. The predicted octanol–water partition coefficient (Wildman–Crippen LogP) is 4.29. The minimum absolute atomic E-state index is 0.161. The first-order chi connectivity index (χ1) is 16.0. The molecule has 0 bridgehead atoms. The molecular weight excluding hydrogens is 453 g/mol. The average molecular weight is 482 g/mol. The molecule has 186 valence electrons. The maximum Gasteiger partial charge on any atom is 0.490 e. The van der Waals surface area contributed by atoms with Crippen molar-refractivity contribution in [2.75, 3.05) is 27.2 Å². The molecular formula is C24H29F3N2O5. The Morgan fingerprint density at radius 2 is 1.79 bits per heavy atom. The summed E-state index contributed by atoms with van der Waals surface area (Å²) in [5, 5.41) is 7.12. The lowest BCUT2D eigenvalue weighted by atomic mass is 9.76. The molecule has 10 heteroatoms. The van der Waals surface area contributed by atoms with Crippen LogP contribution in [0.25, 0.3) is 0 Å². The van der Waals surface area contributed by atoms with E-state index in [2.05, 4.69) is 17.0 Å². The van der Waals surface area contributed by atoms with Crippen LogP contribution < -0.4 is 4.74 Å². The van der Waals surface area contributed by atoms with E-state index in [0.29, 0.717) is 6.42 Å². The molecule has 1 unspecified atom stereocenters. The lowest BCUT2D eigenvalue weighted by molar-refractivity contribution is -0.192. The second-order valence-corrected chi connectivity index (χ2v) is 8.87. The number of halogens is 3. The molecule has 1 amide bonds. The smallest absolute Gasteiger partial charge is 0.487 e. The third-order valence-electron chi connectivity index (χ3n) is 6.19. The molecule has 2 aliphatic heterocycles. The molecule has 2 aromatic rings. The van der Waals surface area contributed by atoms with E-state index in [-0.39, 0.29) is 17.4 Å². The van der Waals surface area contributed by atoms with Gasteiger partial charge in [0.2, 0.25) is 5.91 Å². The lowest BCUT2D eigenvalue weighted by Gasteiger charge is -2.47. The van der Waals surface area contributed by atoms with Crippen molar-refractivity contribution in [1.82, 2.24) is 9.80 Å². The van der Waals surface area contributed by atoms with Crippen LogP contribution in [-0.4, -0.2) is 65.7 Å². The van der Waals surface area contributed by atoms with Crippen molar-refractivity contribution in [3.63, 3.8) is 0 Å². The Morgan fingerprint density at radius 1 is 1.15 bits per heavy atom. The van der Waals surface area contributed by atoms with Crippen LogP contribution in [0.2, 0.25) is 0 Å². The topological polar surface area (TPSA) is 83.2 Å². The van der Waals surface area contributed by atoms with E-state index in [1.165, 1.54) is 5.56 Å². The number of para-hydroxylation sites is 1. The third kappa shape index (κ3) is 6.53. The zero-order valence-corrected chi connectivity index (χ0v) is 19.2. The van der Waals surface area contributed by atoms with Gasteiger partial charge < -0.3 is 19.2 Å². The second kappa shape index (κ2) is 10.5. The van der Waals surface area contributed by atoms with Crippen molar-refractivity contribution in [3.05, 3.63) is 54.0 Å². The molecule has 1 aromatic carbocycles. The molecule has 34 heavy (non-hydrogen) atoms. The monoisotopic (exact) mass is 482 g/mol. The van der Waals surface area contributed by atoms with Crippen LogP contribution >= 0.6 is 0 Å². The zero-order valence-electron chi connectivity index (χ0n) is 19.2. The quantitative estimate of drug-likeness (QED) is 0.700. The highest BCUT2D eigenvalue weighted by molar-refractivity contribution is 5.76. The van der Waals surface area contributed by atoms with E-state index in [1.807, 2.05) is 38.4 Å². The average Bonchev–Trinajstić information content (AvgIpc) is 3.28. The molecule has 1 spiro atoms. The molecule has 1 fully saturated rings. The minimum Gasteiger partial charge on any atom is -0.487 e. The number of aliphatic carboxylic acids is 1. The summed E-state index contributed by atoms with van der Waals surface area (Å²) in [6, 6.07) is 12.2. The van der Waals surface area contributed by atoms with Crippen molar-refractivity contribution in [1.29, 1.82) is 0 Å². The first-order valence-corrected chi connectivity index (χ1v) is 11.0. The molecule has 0 aliphatic carbocycles. The maximum absolute atomic E-state index is 12.4. The molecule has 0 radical (unpaired) electrons. The number of likely N-dealkylation sites (tertiary alicyclic amines) is 1. The molecule has 1 saturated heterocycles. The number of hydrogen-bond acceptors (Lipinski definition) is 5. The van der Waals surface area contributed by atoms with Crippen LogP contribution in [0.4, 0.5) is 13.2 Å². The predicted molar refractivity (Wildman–Crippen MR) is 117 cm³/mol. The summed E-state index contributed by atoms with van der Waals surface area (Å²) in [7, 11) is 3.66. The fourth-order valence-electron chi connectivity index (χ4n) is 4.37. The summed E-state index contributed by atoms with van der Waals surface area (Å²) >= 11 is 0. The second-order valence-electron chi connectivity index (χ2n) is 8.87. The number of carbonyl (C=O) groups excluding carboxylic acids is 1. The van der Waals surface area contributed by atoms with Crippen molar-refractivity contribution in [2.45, 2.75) is 49.9 Å². The Kier molecular flexibility index (Phi) is 7.91. The fourth-order valence-corrected chi connectivity index (χ4v) is 4.37. The van der Waals surface area contributed by atoms with Crippen LogP contribution in [0, 0.1) is 0 Å². The lowest BCUT2D eigenvalue weighted by Crippen LogP contribution is -2.50. The standard InChI is InChI=1S/C22H28N2O3.C2HF3O2/c1-23(2)21(25)14-17-15-22(27-20-8-4-3-7-19(17)20)9-11-24(12-10-22)16-18-6-5-13-26-18;3-2(4,5)1(6)7/h3-8,13,17H,9-12,14-16H2,1-2H3;(H,6,7). The molecule has 1 aromatic heterocycles. The van der Waals surface area contributed by atoms with E-state index >= 15 is 0 Å². The Bertz CT molecular complexity index is 967. The highest BCUT2D eigenvalue weighted by Gasteiger charge is 2.43. The molecule has 1 atom stereocenters. The highest BCUT2D eigenvalue weighted by Crippen LogP contribution is 2.46. The van der Waals surface area contributed by atoms with E-state index in [9.17, 15) is 18.0 Å². The Balaban J connectivity index is 0.000000406. The van der Waals surface area contributed by atoms with Gasteiger partial charge in [-0.25, -0.2) is 4.79 Å². The Labute approximate surface area is 196 Å². The molecule has 7 nitrogen and oxygen atoms in total. The number of rotatable bonds is 4. The van der Waals surface area contributed by atoms with Gasteiger partial charge in [-0.15, -0.1) is 0 Å². The first kappa shape index (κ1) is 25.6. The van der Waals surface area contributed by atoms with Gasteiger partial charge in [-0.05, 0) is 43.0 Å². The molecule has 2 aliphatic rings. The number of carboxylic acids is 1. The van der Waals surface area contributed by atoms with Gasteiger partial charge in [-0.2, -0.15) is 13.2 Å². The number of benzene rings is 1. The minimum atomic E-state index is -5.08. The SMILES string of the molecule is CN(C)C(=O)CC1CC2(CCN(Cc3ccco3)CC2)Oc2ccccc21.O=C(O)C(F)(F)F. The number of nitrogens with zero attached hydrogens (tertiary/aromatic N) is 2. The maximum atomic E-state index is 12.4. The largest absolute Gasteiger partial charge is 0.490 e. The summed E-state index contributed by atoms with van der Waals surface area (Å²) in [6.07, 6.45) is 0.0706. The van der Waals surface area contributed by atoms with Crippen LogP contribution in [0.15, 0.2) is 47.1 Å². The van der Waals surface area contributed by atoms with E-state index < -0.39 is 12.1 Å². The zero-order chi connectivity index (χ0) is 24.9. The number of alkyl halides is 3. The van der Waals surface area contributed by atoms with Crippen LogP contribution in [0.3, 0.4) is 0 Å². The van der Waals surface area contributed by atoms with Gasteiger partial charge in [0.25, 0.3) is 0 Å². The van der Waals surface area contributed by atoms with Gasteiger partial charge in [0, 0.05) is 39.5 Å². The summed E-state index contributed by atoms with van der Waals surface area (Å²) in [4.78, 5) is 25.4. The fraction of sp³-hybridized carbons (Fsp3) is 0.500. The number of piperidine rings is 1. The van der Waals surface area contributed by atoms with Crippen molar-refractivity contribution < 1.29 is 37.0 Å². The molecule has 1 N–H and O–H groups in total. The van der Waals surface area contributed by atoms with Crippen molar-refractivity contribution in [3.8, 4) is 5.75 Å². The first-order valence-electron chi connectivity index (χ1n) is 11.0. The van der Waals surface area contributed by atoms with Gasteiger partial charge in [-0.3, -0.25) is 9.69 Å². The highest BCUT2D eigenvalue weighted by atomic mass is 19.4. The number of ether oxygens (including phenoxy) is 1. The molecule has 0 saturated carbocycles. The number of amides is 1. The van der Waals surface area contributed by atoms with E-state index in [1.54, 1.807) is 11.2 Å². The number of carbonyl (C=O) groups is 2. The van der Waals surface area contributed by atoms with Gasteiger partial charge >= 0.3 is 12.1 Å². The third-order valence-corrected chi connectivity index (χ3v) is 6.19. The van der Waals surface area contributed by atoms with Crippen LogP contribution in [0.1, 0.15) is 42.9 Å². The van der Waals surface area contributed by atoms with E-state index in [4.69, 9.17) is 19.1 Å². The Morgan fingerprint density at radius 3 is 2.35 bits per heavy atom. The van der Waals surface area contributed by atoms with Crippen LogP contribution in [0.5, 0.6) is 5.75 Å². The van der Waals surface area contributed by atoms with Gasteiger partial charge in [0.05, 0.1) is 12.8 Å². The number of fused-ring (bicyclic) bond motifs is 1. The number of hydrogen-bond donors (Lipinski definition) is 1. The van der Waals surface area contributed by atoms with Gasteiger partial charge in [0.1, 0.15) is 17.1 Å². The van der Waals surface area contributed by atoms with Crippen molar-refractivity contribution in [2.24, 2.45) is 0 Å². The summed E-state index contributed by atoms with van der Waals surface area (Å²) < 4.78 is 43.8. The number of carboxylic acid groups (broad SMARTS) is 1. The normalized spacial score (nSPS) is 19.4. The molecule has 4 rings (SSSR count). The summed E-state index contributed by atoms with van der Waals surface area (Å²) in [6.45, 7) is 2.82. The van der Waals surface area contributed by atoms with Crippen LogP contribution in [-0.2, 0) is 16.1 Å².